The number of hydrogen-bond donors (Lipinski definition) is 3. The van der Waals surface area contributed by atoms with Crippen LogP contribution in [0.3, 0.4) is 0 Å². The summed E-state index contributed by atoms with van der Waals surface area (Å²) in [5.74, 6) is 0.150. The predicted molar refractivity (Wildman–Crippen MR) is 89.0 cm³/mol. The van der Waals surface area contributed by atoms with Crippen LogP contribution in [0.25, 0.3) is 0 Å². The van der Waals surface area contributed by atoms with E-state index in [0.717, 1.165) is 19.4 Å². The molecule has 2 rings (SSSR count). The number of hydrogen-bond acceptors (Lipinski definition) is 4. The van der Waals surface area contributed by atoms with Crippen LogP contribution in [0.4, 0.5) is 0 Å². The van der Waals surface area contributed by atoms with Crippen molar-refractivity contribution in [1.82, 2.24) is 21.1 Å². The smallest absolute Gasteiger partial charge is 0.226 e. The Hall–Kier alpha value is -1.43. The van der Waals surface area contributed by atoms with Crippen molar-refractivity contribution in [3.05, 3.63) is 35.4 Å². The minimum absolute atomic E-state index is 0.0148. The summed E-state index contributed by atoms with van der Waals surface area (Å²) in [4.78, 5) is 14.6. The summed E-state index contributed by atoms with van der Waals surface area (Å²) in [5.41, 5.74) is 8.77. The van der Waals surface area contributed by atoms with Gasteiger partial charge in [0.25, 0.3) is 0 Å². The van der Waals surface area contributed by atoms with E-state index < -0.39 is 0 Å². The minimum atomic E-state index is 0.0148. The zero-order chi connectivity index (χ0) is 15.9. The predicted octanol–water partition coefficient (Wildman–Crippen LogP) is 1.26. The standard InChI is InChI=1S/C17H28N4O/c1-4-7-16-15(11-19-20-16)17(22)18-10-13-8-5-6-9-14(13)12-21(2)3/h5-6,8-9,15-16,19-20H,4,7,10-12H2,1-3H3,(H,18,22). The molecule has 1 amide bonds. The molecule has 2 atom stereocenters. The molecule has 0 spiro atoms. The second-order valence-electron chi connectivity index (χ2n) is 6.25. The van der Waals surface area contributed by atoms with Gasteiger partial charge in [0.15, 0.2) is 0 Å². The summed E-state index contributed by atoms with van der Waals surface area (Å²) >= 11 is 0. The molecule has 22 heavy (non-hydrogen) atoms. The number of nitrogens with zero attached hydrogens (tertiary/aromatic N) is 1. The normalized spacial score (nSPS) is 21.3. The maximum Gasteiger partial charge on any atom is 0.226 e. The molecule has 1 aliphatic rings. The van der Waals surface area contributed by atoms with Gasteiger partial charge in [-0.2, -0.15) is 0 Å². The lowest BCUT2D eigenvalue weighted by molar-refractivity contribution is -0.125. The van der Waals surface area contributed by atoms with Gasteiger partial charge in [-0.25, -0.2) is 0 Å². The van der Waals surface area contributed by atoms with E-state index in [1.807, 2.05) is 12.1 Å². The molecule has 1 aromatic carbocycles. The van der Waals surface area contributed by atoms with Gasteiger partial charge in [-0.3, -0.25) is 15.6 Å². The van der Waals surface area contributed by atoms with Crippen molar-refractivity contribution >= 4 is 5.91 Å². The van der Waals surface area contributed by atoms with Crippen LogP contribution < -0.4 is 16.2 Å². The average molecular weight is 304 g/mol. The van der Waals surface area contributed by atoms with Crippen molar-refractivity contribution in [2.75, 3.05) is 20.6 Å². The Morgan fingerprint density at radius 1 is 1.32 bits per heavy atom. The summed E-state index contributed by atoms with van der Waals surface area (Å²) in [6.07, 6.45) is 2.09. The molecular formula is C17H28N4O. The van der Waals surface area contributed by atoms with Crippen LogP contribution in [0.5, 0.6) is 0 Å². The maximum atomic E-state index is 12.4. The van der Waals surface area contributed by atoms with Gasteiger partial charge >= 0.3 is 0 Å². The van der Waals surface area contributed by atoms with Crippen LogP contribution in [0.2, 0.25) is 0 Å². The Labute approximate surface area is 133 Å². The fourth-order valence-corrected chi connectivity index (χ4v) is 2.94. The molecule has 1 aliphatic heterocycles. The summed E-state index contributed by atoms with van der Waals surface area (Å²) in [6.45, 7) is 4.33. The van der Waals surface area contributed by atoms with Gasteiger partial charge in [0.2, 0.25) is 5.91 Å². The summed E-state index contributed by atoms with van der Waals surface area (Å²) in [6, 6.07) is 8.53. The highest BCUT2D eigenvalue weighted by Gasteiger charge is 2.31. The van der Waals surface area contributed by atoms with Crippen LogP contribution in [-0.2, 0) is 17.9 Å². The van der Waals surface area contributed by atoms with E-state index in [1.165, 1.54) is 11.1 Å². The zero-order valence-electron chi connectivity index (χ0n) is 13.9. The summed E-state index contributed by atoms with van der Waals surface area (Å²) in [7, 11) is 4.11. The van der Waals surface area contributed by atoms with E-state index in [9.17, 15) is 4.79 Å². The highest BCUT2D eigenvalue weighted by atomic mass is 16.2. The number of carbonyl (C=O) groups excluding carboxylic acids is 1. The zero-order valence-corrected chi connectivity index (χ0v) is 13.9. The van der Waals surface area contributed by atoms with Crippen molar-refractivity contribution in [2.45, 2.75) is 38.9 Å². The molecule has 2 unspecified atom stereocenters. The quantitative estimate of drug-likeness (QED) is 0.710. The summed E-state index contributed by atoms with van der Waals surface area (Å²) < 4.78 is 0. The fourth-order valence-electron chi connectivity index (χ4n) is 2.94. The molecule has 5 nitrogen and oxygen atoms in total. The molecule has 0 aliphatic carbocycles. The van der Waals surface area contributed by atoms with Crippen molar-refractivity contribution in [3.8, 4) is 0 Å². The average Bonchev–Trinajstić information content (AvgIpc) is 2.94. The molecule has 3 N–H and O–H groups in total. The third-order valence-corrected chi connectivity index (χ3v) is 4.09. The van der Waals surface area contributed by atoms with E-state index in [2.05, 4.69) is 54.2 Å². The van der Waals surface area contributed by atoms with E-state index in [1.54, 1.807) is 0 Å². The molecule has 1 heterocycles. The van der Waals surface area contributed by atoms with Gasteiger partial charge in [0.05, 0.1) is 5.92 Å². The van der Waals surface area contributed by atoms with Crippen LogP contribution in [0.15, 0.2) is 24.3 Å². The minimum Gasteiger partial charge on any atom is -0.352 e. The number of benzene rings is 1. The second-order valence-corrected chi connectivity index (χ2v) is 6.25. The molecule has 122 valence electrons. The number of carbonyl (C=O) groups is 1. The first kappa shape index (κ1) is 16.9. The number of nitrogens with one attached hydrogen (secondary N) is 3. The molecular weight excluding hydrogens is 276 g/mol. The lowest BCUT2D eigenvalue weighted by atomic mass is 9.97. The third kappa shape index (κ3) is 4.53. The van der Waals surface area contributed by atoms with Crippen molar-refractivity contribution < 1.29 is 4.79 Å². The molecule has 1 fully saturated rings. The van der Waals surface area contributed by atoms with Gasteiger partial charge in [-0.15, -0.1) is 0 Å². The molecule has 1 aromatic rings. The molecule has 5 heteroatoms. The van der Waals surface area contributed by atoms with Gasteiger partial charge in [-0.05, 0) is 31.6 Å². The first-order chi connectivity index (χ1) is 10.6. The Kier molecular flexibility index (Phi) is 6.36. The number of amides is 1. The summed E-state index contributed by atoms with van der Waals surface area (Å²) in [5, 5.41) is 3.11. The van der Waals surface area contributed by atoms with Crippen LogP contribution in [0, 0.1) is 5.92 Å². The Balaban J connectivity index is 1.93. The van der Waals surface area contributed by atoms with Crippen LogP contribution >= 0.6 is 0 Å². The lowest BCUT2D eigenvalue weighted by Crippen LogP contribution is -2.39. The fraction of sp³-hybridized carbons (Fsp3) is 0.588. The Morgan fingerprint density at radius 3 is 2.73 bits per heavy atom. The molecule has 0 saturated carbocycles. The Morgan fingerprint density at radius 2 is 2.05 bits per heavy atom. The topological polar surface area (TPSA) is 56.4 Å². The highest BCUT2D eigenvalue weighted by molar-refractivity contribution is 5.80. The van der Waals surface area contributed by atoms with Gasteiger partial charge in [-0.1, -0.05) is 37.6 Å². The first-order valence-electron chi connectivity index (χ1n) is 8.09. The van der Waals surface area contributed by atoms with E-state index >= 15 is 0 Å². The highest BCUT2D eigenvalue weighted by Crippen LogP contribution is 2.15. The van der Waals surface area contributed by atoms with E-state index in [-0.39, 0.29) is 17.9 Å². The first-order valence-corrected chi connectivity index (χ1v) is 8.09. The van der Waals surface area contributed by atoms with Crippen molar-refractivity contribution in [2.24, 2.45) is 5.92 Å². The van der Waals surface area contributed by atoms with Crippen LogP contribution in [0.1, 0.15) is 30.9 Å². The van der Waals surface area contributed by atoms with Gasteiger partial charge in [0.1, 0.15) is 0 Å². The Bertz CT molecular complexity index is 489. The second kappa shape index (κ2) is 8.27. The maximum absolute atomic E-state index is 12.4. The monoisotopic (exact) mass is 304 g/mol. The van der Waals surface area contributed by atoms with Gasteiger partial charge in [0, 0.05) is 25.7 Å². The third-order valence-electron chi connectivity index (χ3n) is 4.09. The number of hydrazine groups is 1. The van der Waals surface area contributed by atoms with E-state index in [0.29, 0.717) is 13.1 Å². The van der Waals surface area contributed by atoms with Crippen LogP contribution in [-0.4, -0.2) is 37.5 Å². The number of rotatable bonds is 7. The lowest BCUT2D eigenvalue weighted by Gasteiger charge is -2.18. The largest absolute Gasteiger partial charge is 0.352 e. The SMILES string of the molecule is CCCC1NNCC1C(=O)NCc1ccccc1CN(C)C. The molecule has 1 saturated heterocycles. The molecule has 0 bridgehead atoms. The van der Waals surface area contributed by atoms with Crippen molar-refractivity contribution in [1.29, 1.82) is 0 Å². The van der Waals surface area contributed by atoms with Gasteiger partial charge < -0.3 is 10.2 Å². The van der Waals surface area contributed by atoms with E-state index in [4.69, 9.17) is 0 Å². The molecule has 0 radical (unpaired) electrons. The van der Waals surface area contributed by atoms with Crippen molar-refractivity contribution in [3.63, 3.8) is 0 Å². The molecule has 0 aromatic heterocycles.